The van der Waals surface area contributed by atoms with Gasteiger partial charge in [0.15, 0.2) is 11.0 Å². The maximum atomic E-state index is 14.1. The van der Waals surface area contributed by atoms with Gasteiger partial charge in [0.2, 0.25) is 5.91 Å². The van der Waals surface area contributed by atoms with Crippen LogP contribution in [0.25, 0.3) is 5.69 Å². The summed E-state index contributed by atoms with van der Waals surface area (Å²) in [6, 6.07) is 22.1. The van der Waals surface area contributed by atoms with E-state index >= 15 is 0 Å². The third kappa shape index (κ3) is 5.59. The molecule has 33 heavy (non-hydrogen) atoms. The van der Waals surface area contributed by atoms with Crippen molar-refractivity contribution in [2.24, 2.45) is 0 Å². The van der Waals surface area contributed by atoms with E-state index in [-0.39, 0.29) is 24.0 Å². The molecule has 0 atom stereocenters. The van der Waals surface area contributed by atoms with Crippen LogP contribution in [0.1, 0.15) is 17.0 Å². The number of hydrogen-bond acceptors (Lipinski definition) is 5. The zero-order chi connectivity index (χ0) is 23.2. The number of halogens is 1. The number of carbonyl (C=O) groups is 1. The van der Waals surface area contributed by atoms with E-state index in [1.807, 2.05) is 66.1 Å². The number of benzene rings is 3. The lowest BCUT2D eigenvalue weighted by Gasteiger charge is -2.12. The van der Waals surface area contributed by atoms with Crippen molar-refractivity contribution in [2.45, 2.75) is 25.6 Å². The molecule has 1 amide bonds. The van der Waals surface area contributed by atoms with Gasteiger partial charge in [-0.2, -0.15) is 0 Å². The maximum Gasteiger partial charge on any atom is 0.234 e. The zero-order valence-corrected chi connectivity index (χ0v) is 19.1. The molecule has 168 valence electrons. The first-order chi connectivity index (χ1) is 16.0. The molecule has 0 fully saturated rings. The lowest BCUT2D eigenvalue weighted by Crippen LogP contribution is -2.15. The highest BCUT2D eigenvalue weighted by molar-refractivity contribution is 7.99. The van der Waals surface area contributed by atoms with Crippen molar-refractivity contribution in [1.82, 2.24) is 14.8 Å². The summed E-state index contributed by atoms with van der Waals surface area (Å²) in [6.07, 6.45) is 0. The molecule has 6 nitrogen and oxygen atoms in total. The van der Waals surface area contributed by atoms with Gasteiger partial charge in [0, 0.05) is 5.69 Å². The Bertz CT molecular complexity index is 1260. The van der Waals surface area contributed by atoms with Crippen LogP contribution < -0.4 is 10.1 Å². The SMILES string of the molecule is Cc1ccc(NC(=O)CSc2nnc(COc3ccccc3C)n2-c2ccccc2)c(F)c1. The number of para-hydroxylation sites is 2. The summed E-state index contributed by atoms with van der Waals surface area (Å²) in [5, 5.41) is 11.7. The van der Waals surface area contributed by atoms with Gasteiger partial charge in [-0.05, 0) is 55.3 Å². The summed E-state index contributed by atoms with van der Waals surface area (Å²) >= 11 is 1.22. The Balaban J connectivity index is 1.50. The van der Waals surface area contributed by atoms with Gasteiger partial charge in [-0.25, -0.2) is 4.39 Å². The number of amides is 1. The molecule has 0 aliphatic heterocycles. The Kier molecular flexibility index (Phi) is 7.04. The number of hydrogen-bond donors (Lipinski definition) is 1. The molecular formula is C25H23FN4O2S. The van der Waals surface area contributed by atoms with Crippen molar-refractivity contribution in [3.63, 3.8) is 0 Å². The van der Waals surface area contributed by atoms with Crippen molar-refractivity contribution in [1.29, 1.82) is 0 Å². The van der Waals surface area contributed by atoms with E-state index in [9.17, 15) is 9.18 Å². The van der Waals surface area contributed by atoms with Gasteiger partial charge < -0.3 is 10.1 Å². The predicted molar refractivity (Wildman–Crippen MR) is 127 cm³/mol. The number of nitrogens with one attached hydrogen (secondary N) is 1. The van der Waals surface area contributed by atoms with E-state index in [1.165, 1.54) is 17.8 Å². The molecule has 1 aromatic heterocycles. The quantitative estimate of drug-likeness (QED) is 0.358. The van der Waals surface area contributed by atoms with Crippen LogP contribution in [0.4, 0.5) is 10.1 Å². The highest BCUT2D eigenvalue weighted by Crippen LogP contribution is 2.24. The largest absolute Gasteiger partial charge is 0.485 e. The van der Waals surface area contributed by atoms with Crippen LogP contribution in [0.3, 0.4) is 0 Å². The van der Waals surface area contributed by atoms with Gasteiger partial charge in [-0.1, -0.05) is 54.2 Å². The van der Waals surface area contributed by atoms with Crippen LogP contribution in [-0.4, -0.2) is 26.4 Å². The van der Waals surface area contributed by atoms with E-state index < -0.39 is 5.82 Å². The van der Waals surface area contributed by atoms with Crippen LogP contribution in [0.2, 0.25) is 0 Å². The zero-order valence-electron chi connectivity index (χ0n) is 18.3. The standard InChI is InChI=1S/C25H23FN4O2S/c1-17-12-13-21(20(26)14-17)27-24(31)16-33-25-29-28-23(30(25)19-9-4-3-5-10-19)15-32-22-11-7-6-8-18(22)2/h3-14H,15-16H2,1-2H3,(H,27,31). The van der Waals surface area contributed by atoms with E-state index in [1.54, 1.807) is 19.1 Å². The highest BCUT2D eigenvalue weighted by atomic mass is 32.2. The molecule has 0 aliphatic rings. The third-order valence-electron chi connectivity index (χ3n) is 4.90. The average Bonchev–Trinajstić information content (AvgIpc) is 3.22. The van der Waals surface area contributed by atoms with Crippen molar-refractivity contribution in [2.75, 3.05) is 11.1 Å². The minimum absolute atomic E-state index is 0.0525. The molecule has 0 radical (unpaired) electrons. The topological polar surface area (TPSA) is 69.0 Å². The van der Waals surface area contributed by atoms with Gasteiger partial charge in [-0.3, -0.25) is 9.36 Å². The number of aromatic nitrogens is 3. The maximum absolute atomic E-state index is 14.1. The van der Waals surface area contributed by atoms with E-state index in [0.717, 1.165) is 22.6 Å². The number of ether oxygens (including phenoxy) is 1. The molecule has 8 heteroatoms. The third-order valence-corrected chi connectivity index (χ3v) is 5.83. The molecule has 0 bridgehead atoms. The number of nitrogens with zero attached hydrogens (tertiary/aromatic N) is 3. The molecule has 0 saturated heterocycles. The minimum atomic E-state index is -0.462. The van der Waals surface area contributed by atoms with Gasteiger partial charge in [0.1, 0.15) is 18.2 Å². The normalized spacial score (nSPS) is 10.8. The average molecular weight is 463 g/mol. The van der Waals surface area contributed by atoms with Crippen LogP contribution in [0, 0.1) is 19.7 Å². The van der Waals surface area contributed by atoms with Crippen molar-refractivity contribution < 1.29 is 13.9 Å². The van der Waals surface area contributed by atoms with Crippen molar-refractivity contribution in [3.05, 3.63) is 95.6 Å². The number of anilines is 1. The number of carbonyl (C=O) groups excluding carboxylic acids is 1. The van der Waals surface area contributed by atoms with Gasteiger partial charge in [0.05, 0.1) is 11.4 Å². The molecular weight excluding hydrogens is 439 g/mol. The Morgan fingerprint density at radius 1 is 1.03 bits per heavy atom. The molecule has 0 spiro atoms. The predicted octanol–water partition coefficient (Wildman–Crippen LogP) is 5.33. The van der Waals surface area contributed by atoms with E-state index in [4.69, 9.17) is 4.74 Å². The van der Waals surface area contributed by atoms with Crippen LogP contribution in [0.15, 0.2) is 78.0 Å². The van der Waals surface area contributed by atoms with Crippen LogP contribution in [-0.2, 0) is 11.4 Å². The summed E-state index contributed by atoms with van der Waals surface area (Å²) in [6.45, 7) is 3.99. The summed E-state index contributed by atoms with van der Waals surface area (Å²) in [4.78, 5) is 12.4. The molecule has 1 heterocycles. The molecule has 1 N–H and O–H groups in total. The van der Waals surface area contributed by atoms with E-state index in [0.29, 0.717) is 11.0 Å². The second-order valence-electron chi connectivity index (χ2n) is 7.44. The molecule has 4 aromatic rings. The van der Waals surface area contributed by atoms with Crippen LogP contribution in [0.5, 0.6) is 5.75 Å². The van der Waals surface area contributed by atoms with Crippen molar-refractivity contribution >= 4 is 23.4 Å². The lowest BCUT2D eigenvalue weighted by atomic mass is 10.2. The van der Waals surface area contributed by atoms with Crippen LogP contribution >= 0.6 is 11.8 Å². The fourth-order valence-corrected chi connectivity index (χ4v) is 3.99. The first kappa shape index (κ1) is 22.5. The Labute approximate surface area is 195 Å². The van der Waals surface area contributed by atoms with Gasteiger partial charge >= 0.3 is 0 Å². The summed E-state index contributed by atoms with van der Waals surface area (Å²) in [5.74, 6) is 0.641. The number of thioether (sulfide) groups is 1. The Hall–Kier alpha value is -3.65. The summed E-state index contributed by atoms with van der Waals surface area (Å²) < 4.78 is 21.9. The molecule has 3 aromatic carbocycles. The molecule has 0 aliphatic carbocycles. The van der Waals surface area contributed by atoms with Crippen molar-refractivity contribution in [3.8, 4) is 11.4 Å². The van der Waals surface area contributed by atoms with E-state index in [2.05, 4.69) is 15.5 Å². The molecule has 0 unspecified atom stereocenters. The first-order valence-corrected chi connectivity index (χ1v) is 11.4. The molecule has 0 saturated carbocycles. The Morgan fingerprint density at radius 2 is 1.79 bits per heavy atom. The highest BCUT2D eigenvalue weighted by Gasteiger charge is 2.17. The van der Waals surface area contributed by atoms with Gasteiger partial charge in [0.25, 0.3) is 0 Å². The lowest BCUT2D eigenvalue weighted by molar-refractivity contribution is -0.113. The second-order valence-corrected chi connectivity index (χ2v) is 8.39. The summed E-state index contributed by atoms with van der Waals surface area (Å²) in [5.41, 5.74) is 2.83. The smallest absolute Gasteiger partial charge is 0.234 e. The van der Waals surface area contributed by atoms with Gasteiger partial charge in [-0.15, -0.1) is 10.2 Å². The number of aryl methyl sites for hydroxylation is 2. The minimum Gasteiger partial charge on any atom is -0.485 e. The Morgan fingerprint density at radius 3 is 2.55 bits per heavy atom. The molecule has 4 rings (SSSR count). The fourth-order valence-electron chi connectivity index (χ4n) is 3.22. The first-order valence-electron chi connectivity index (χ1n) is 10.4. The number of rotatable bonds is 8. The fraction of sp³-hybridized carbons (Fsp3) is 0.160. The monoisotopic (exact) mass is 462 g/mol. The second kappa shape index (κ2) is 10.3. The summed E-state index contributed by atoms with van der Waals surface area (Å²) in [7, 11) is 0.